The van der Waals surface area contributed by atoms with Gasteiger partial charge in [-0.2, -0.15) is 10.8 Å². The van der Waals surface area contributed by atoms with Gasteiger partial charge in [0.05, 0.1) is 19.9 Å². The van der Waals surface area contributed by atoms with Crippen LogP contribution < -0.4 is 15.3 Å². The third kappa shape index (κ3) is 2.37. The van der Waals surface area contributed by atoms with Crippen molar-refractivity contribution in [2.75, 3.05) is 19.2 Å². The molecule has 1 aliphatic rings. The number of esters is 1. The largest absolute Gasteiger partial charge is 0.497 e. The van der Waals surface area contributed by atoms with Gasteiger partial charge in [0.15, 0.2) is 5.57 Å². The molecule has 102 valence electrons. The number of anilines is 1. The first-order valence-electron chi connectivity index (χ1n) is 5.54. The predicted molar refractivity (Wildman–Crippen MR) is 68.1 cm³/mol. The number of hydrazine groups is 1. The van der Waals surface area contributed by atoms with Gasteiger partial charge in [-0.1, -0.05) is 5.22 Å². The van der Waals surface area contributed by atoms with Crippen LogP contribution in [0.3, 0.4) is 0 Å². The third-order valence-corrected chi connectivity index (χ3v) is 2.56. The summed E-state index contributed by atoms with van der Waals surface area (Å²) in [5.41, 5.74) is 2.99. The molecule has 0 amide bonds. The van der Waals surface area contributed by atoms with Crippen LogP contribution in [0.1, 0.15) is 0 Å². The second-order valence-corrected chi connectivity index (χ2v) is 3.64. The van der Waals surface area contributed by atoms with Gasteiger partial charge in [0.2, 0.25) is 5.82 Å². The number of nitrogens with zero attached hydrogens (tertiary/aromatic N) is 4. The number of ether oxygens (including phenoxy) is 2. The number of carbonyl (C=O) groups is 1. The molecule has 0 fully saturated rings. The summed E-state index contributed by atoms with van der Waals surface area (Å²) < 4.78 is 9.60. The molecule has 0 aliphatic carbocycles. The Morgan fingerprint density at radius 2 is 2.05 bits per heavy atom. The number of nitriles is 1. The normalized spacial score (nSPS) is 15.3. The Morgan fingerprint density at radius 1 is 1.35 bits per heavy atom. The van der Waals surface area contributed by atoms with Crippen molar-refractivity contribution in [1.82, 2.24) is 5.53 Å². The number of nitrogens with one attached hydrogen (secondary N) is 1. The molecule has 20 heavy (non-hydrogen) atoms. The van der Waals surface area contributed by atoms with Crippen molar-refractivity contribution in [3.8, 4) is 11.8 Å². The van der Waals surface area contributed by atoms with Crippen LogP contribution in [0.15, 0.2) is 46.0 Å². The standard InChI is InChI=1S/C12H11N5O3/c1-19-9-5-3-8(4-6-9)17-11(14-15-16-17)10(7-13)12(18)20-2/h3-6H,1-2H3,(H,14,16)/b11-10-. The molecule has 0 unspecified atom stereocenters. The quantitative estimate of drug-likeness (QED) is 0.506. The van der Waals surface area contributed by atoms with E-state index in [1.807, 2.05) is 0 Å². The van der Waals surface area contributed by atoms with Crippen molar-refractivity contribution in [1.29, 1.82) is 5.26 Å². The molecule has 1 aromatic rings. The maximum Gasteiger partial charge on any atom is 0.352 e. The molecular formula is C12H11N5O3. The van der Waals surface area contributed by atoms with Gasteiger partial charge in [0.1, 0.15) is 11.8 Å². The minimum Gasteiger partial charge on any atom is -0.497 e. The average molecular weight is 273 g/mol. The summed E-state index contributed by atoms with van der Waals surface area (Å²) in [5, 5.41) is 17.8. The molecular weight excluding hydrogens is 262 g/mol. The molecule has 0 saturated carbocycles. The highest BCUT2D eigenvalue weighted by atomic mass is 16.5. The molecule has 0 aromatic heterocycles. The first kappa shape index (κ1) is 13.4. The number of rotatable bonds is 3. The van der Waals surface area contributed by atoms with Gasteiger partial charge in [0.25, 0.3) is 0 Å². The van der Waals surface area contributed by atoms with E-state index in [0.717, 1.165) is 0 Å². The van der Waals surface area contributed by atoms with Gasteiger partial charge < -0.3 is 9.47 Å². The van der Waals surface area contributed by atoms with Crippen molar-refractivity contribution in [3.05, 3.63) is 35.7 Å². The molecule has 0 atom stereocenters. The van der Waals surface area contributed by atoms with Crippen LogP contribution in [0.2, 0.25) is 0 Å². The van der Waals surface area contributed by atoms with E-state index in [0.29, 0.717) is 11.4 Å². The van der Waals surface area contributed by atoms with E-state index in [-0.39, 0.29) is 11.4 Å². The van der Waals surface area contributed by atoms with Crippen LogP contribution in [0.5, 0.6) is 5.75 Å². The highest BCUT2D eigenvalue weighted by molar-refractivity contribution is 5.94. The van der Waals surface area contributed by atoms with Gasteiger partial charge in [-0.3, -0.25) is 0 Å². The SMILES string of the molecule is COC(=O)/C(C#N)=C1/N=NNN1c1ccc(OC)cc1. The molecule has 1 heterocycles. The van der Waals surface area contributed by atoms with Crippen LogP contribution in [0, 0.1) is 11.3 Å². The summed E-state index contributed by atoms with van der Waals surface area (Å²) in [5.74, 6) is -0.0194. The highest BCUT2D eigenvalue weighted by Gasteiger charge is 2.26. The van der Waals surface area contributed by atoms with E-state index in [2.05, 4.69) is 20.6 Å². The summed E-state index contributed by atoms with van der Waals surface area (Å²) in [7, 11) is 2.75. The maximum atomic E-state index is 11.5. The molecule has 0 spiro atoms. The van der Waals surface area contributed by atoms with Gasteiger partial charge >= 0.3 is 5.97 Å². The van der Waals surface area contributed by atoms with Crippen LogP contribution in [0.4, 0.5) is 5.69 Å². The number of hydrogen-bond acceptors (Lipinski definition) is 8. The lowest BCUT2D eigenvalue weighted by Gasteiger charge is -2.17. The minimum absolute atomic E-state index is 0.0736. The Balaban J connectivity index is 2.39. The van der Waals surface area contributed by atoms with Crippen molar-refractivity contribution in [3.63, 3.8) is 0 Å². The van der Waals surface area contributed by atoms with Gasteiger partial charge in [-0.25, -0.2) is 9.80 Å². The minimum atomic E-state index is -0.774. The van der Waals surface area contributed by atoms with Crippen molar-refractivity contribution >= 4 is 11.7 Å². The fraction of sp³-hybridized carbons (Fsp3) is 0.167. The zero-order valence-corrected chi connectivity index (χ0v) is 10.8. The molecule has 2 rings (SSSR count). The Kier molecular flexibility index (Phi) is 3.81. The van der Waals surface area contributed by atoms with Crippen LogP contribution in [-0.2, 0) is 9.53 Å². The van der Waals surface area contributed by atoms with Crippen molar-refractivity contribution in [2.24, 2.45) is 10.3 Å². The van der Waals surface area contributed by atoms with E-state index in [4.69, 9.17) is 10.00 Å². The topological polar surface area (TPSA) is 99.3 Å². The predicted octanol–water partition coefficient (Wildman–Crippen LogP) is 1.30. The fourth-order valence-corrected chi connectivity index (χ4v) is 1.57. The third-order valence-electron chi connectivity index (χ3n) is 2.56. The van der Waals surface area contributed by atoms with Crippen molar-refractivity contribution < 1.29 is 14.3 Å². The number of hydrogen-bond donors (Lipinski definition) is 1. The smallest absolute Gasteiger partial charge is 0.352 e. The Bertz CT molecular complexity index is 615. The van der Waals surface area contributed by atoms with Gasteiger partial charge in [-0.05, 0) is 24.3 Å². The Morgan fingerprint density at radius 3 is 2.60 bits per heavy atom. The average Bonchev–Trinajstić information content (AvgIpc) is 2.97. The molecule has 1 aliphatic heterocycles. The summed E-state index contributed by atoms with van der Waals surface area (Å²) in [4.78, 5) is 11.5. The fourth-order valence-electron chi connectivity index (χ4n) is 1.57. The summed E-state index contributed by atoms with van der Waals surface area (Å²) in [6, 6.07) is 8.69. The number of methoxy groups -OCH3 is 2. The van der Waals surface area contributed by atoms with Gasteiger partial charge in [0, 0.05) is 0 Å². The first-order valence-corrected chi connectivity index (χ1v) is 5.54. The van der Waals surface area contributed by atoms with E-state index in [1.165, 1.54) is 12.1 Å². The monoisotopic (exact) mass is 273 g/mol. The van der Waals surface area contributed by atoms with Crippen molar-refractivity contribution in [2.45, 2.75) is 0 Å². The maximum absolute atomic E-state index is 11.5. The lowest BCUT2D eigenvalue weighted by molar-refractivity contribution is -0.135. The molecule has 1 N–H and O–H groups in total. The Labute approximate surface area is 114 Å². The molecule has 1 aromatic carbocycles. The zero-order valence-electron chi connectivity index (χ0n) is 10.8. The second kappa shape index (κ2) is 5.71. The van der Waals surface area contributed by atoms with E-state index in [1.54, 1.807) is 37.4 Å². The Hall–Kier alpha value is -3.08. The van der Waals surface area contributed by atoms with Crippen LogP contribution >= 0.6 is 0 Å². The molecule has 0 radical (unpaired) electrons. The lowest BCUT2D eigenvalue weighted by atomic mass is 10.2. The molecule has 8 nitrogen and oxygen atoms in total. The van der Waals surface area contributed by atoms with E-state index >= 15 is 0 Å². The van der Waals surface area contributed by atoms with Gasteiger partial charge in [-0.15, -0.1) is 5.11 Å². The van der Waals surface area contributed by atoms with Crippen LogP contribution in [0.25, 0.3) is 0 Å². The zero-order chi connectivity index (χ0) is 14.5. The molecule has 0 saturated heterocycles. The lowest BCUT2D eigenvalue weighted by Crippen LogP contribution is -2.29. The number of carbonyl (C=O) groups excluding carboxylic acids is 1. The summed E-state index contributed by atoms with van der Waals surface area (Å²) in [6.45, 7) is 0. The summed E-state index contributed by atoms with van der Waals surface area (Å²) >= 11 is 0. The van der Waals surface area contributed by atoms with Crippen LogP contribution in [-0.4, -0.2) is 20.2 Å². The molecule has 8 heteroatoms. The summed E-state index contributed by atoms with van der Waals surface area (Å²) in [6.07, 6.45) is 0. The van der Waals surface area contributed by atoms with E-state index in [9.17, 15) is 4.79 Å². The highest BCUT2D eigenvalue weighted by Crippen LogP contribution is 2.26. The number of benzene rings is 1. The van der Waals surface area contributed by atoms with E-state index < -0.39 is 5.97 Å². The molecule has 0 bridgehead atoms. The first-order chi connectivity index (χ1) is 9.71. The second-order valence-electron chi connectivity index (χ2n) is 3.64.